The van der Waals surface area contributed by atoms with Crippen LogP contribution in [0.4, 0.5) is 0 Å². The predicted octanol–water partition coefficient (Wildman–Crippen LogP) is 2.79. The van der Waals surface area contributed by atoms with Crippen molar-refractivity contribution in [2.24, 2.45) is 4.99 Å². The van der Waals surface area contributed by atoms with E-state index in [1.54, 1.807) is 0 Å². The van der Waals surface area contributed by atoms with Gasteiger partial charge in [0.25, 0.3) is 0 Å². The number of sulfone groups is 1. The molecular weight excluding hydrogens is 346 g/mol. The quantitative estimate of drug-likeness (QED) is 0.578. The lowest BCUT2D eigenvalue weighted by Gasteiger charge is -2.12. The van der Waals surface area contributed by atoms with Crippen molar-refractivity contribution < 1.29 is 8.42 Å². The number of benzene rings is 2. The standard InChI is InChI=1S/C20H27N3O2S/c1-4-21-20(23-14-19-8-6-5-7-16(19)2)22-13-17-9-11-18(12-10-17)15-26(3,24)25/h5-12H,4,13-15H2,1-3H3,(H2,21,22,23). The molecule has 0 heterocycles. The van der Waals surface area contributed by atoms with Crippen molar-refractivity contribution in [1.29, 1.82) is 0 Å². The van der Waals surface area contributed by atoms with Gasteiger partial charge in [-0.1, -0.05) is 48.5 Å². The van der Waals surface area contributed by atoms with Crippen molar-refractivity contribution in [1.82, 2.24) is 10.6 Å². The van der Waals surface area contributed by atoms with E-state index in [9.17, 15) is 8.42 Å². The van der Waals surface area contributed by atoms with Crippen LogP contribution in [0.1, 0.15) is 29.2 Å². The average Bonchev–Trinajstić information content (AvgIpc) is 2.58. The van der Waals surface area contributed by atoms with Crippen LogP contribution in [0.3, 0.4) is 0 Å². The molecule has 2 aromatic carbocycles. The van der Waals surface area contributed by atoms with Crippen LogP contribution in [-0.4, -0.2) is 27.2 Å². The molecule has 0 saturated heterocycles. The molecule has 2 aromatic rings. The van der Waals surface area contributed by atoms with Crippen molar-refractivity contribution in [3.05, 3.63) is 70.8 Å². The lowest BCUT2D eigenvalue weighted by atomic mass is 10.1. The van der Waals surface area contributed by atoms with E-state index < -0.39 is 9.84 Å². The van der Waals surface area contributed by atoms with Crippen molar-refractivity contribution in [3.8, 4) is 0 Å². The predicted molar refractivity (Wildman–Crippen MR) is 108 cm³/mol. The van der Waals surface area contributed by atoms with E-state index >= 15 is 0 Å². The normalized spacial score (nSPS) is 12.0. The summed E-state index contributed by atoms with van der Waals surface area (Å²) in [4.78, 5) is 4.61. The van der Waals surface area contributed by atoms with Gasteiger partial charge in [-0.15, -0.1) is 0 Å². The zero-order valence-corrected chi connectivity index (χ0v) is 16.4. The van der Waals surface area contributed by atoms with E-state index in [0.29, 0.717) is 13.1 Å². The first-order valence-electron chi connectivity index (χ1n) is 8.69. The van der Waals surface area contributed by atoms with Crippen molar-refractivity contribution in [3.63, 3.8) is 0 Å². The summed E-state index contributed by atoms with van der Waals surface area (Å²) in [5, 5.41) is 6.59. The Morgan fingerprint density at radius 1 is 1.00 bits per heavy atom. The monoisotopic (exact) mass is 373 g/mol. The number of rotatable bonds is 7. The zero-order chi connectivity index (χ0) is 19.0. The fourth-order valence-electron chi connectivity index (χ4n) is 2.54. The van der Waals surface area contributed by atoms with Gasteiger partial charge >= 0.3 is 0 Å². The Morgan fingerprint density at radius 3 is 2.27 bits per heavy atom. The van der Waals surface area contributed by atoms with E-state index in [-0.39, 0.29) is 5.75 Å². The first kappa shape index (κ1) is 20.0. The number of aryl methyl sites for hydroxylation is 1. The van der Waals surface area contributed by atoms with Crippen molar-refractivity contribution >= 4 is 15.8 Å². The third-order valence-electron chi connectivity index (χ3n) is 3.92. The van der Waals surface area contributed by atoms with Gasteiger partial charge in [0.1, 0.15) is 0 Å². The summed E-state index contributed by atoms with van der Waals surface area (Å²) in [5.74, 6) is 0.827. The second-order valence-electron chi connectivity index (χ2n) is 6.36. The van der Waals surface area contributed by atoms with Gasteiger partial charge in [0.2, 0.25) is 0 Å². The molecule has 0 unspecified atom stereocenters. The minimum Gasteiger partial charge on any atom is -0.357 e. The van der Waals surface area contributed by atoms with E-state index in [0.717, 1.165) is 23.6 Å². The molecule has 26 heavy (non-hydrogen) atoms. The highest BCUT2D eigenvalue weighted by molar-refractivity contribution is 7.89. The molecule has 0 fully saturated rings. The van der Waals surface area contributed by atoms with Crippen LogP contribution >= 0.6 is 0 Å². The van der Waals surface area contributed by atoms with E-state index in [4.69, 9.17) is 0 Å². The fourth-order valence-corrected chi connectivity index (χ4v) is 3.34. The lowest BCUT2D eigenvalue weighted by Crippen LogP contribution is -2.36. The maximum absolute atomic E-state index is 11.3. The van der Waals surface area contributed by atoms with Crippen LogP contribution in [0.25, 0.3) is 0 Å². The molecule has 2 N–H and O–H groups in total. The average molecular weight is 374 g/mol. The molecule has 0 amide bonds. The molecule has 0 radical (unpaired) electrons. The second kappa shape index (κ2) is 9.38. The zero-order valence-electron chi connectivity index (χ0n) is 15.6. The molecule has 6 heteroatoms. The van der Waals surface area contributed by atoms with Crippen LogP contribution < -0.4 is 10.6 Å². The maximum atomic E-state index is 11.3. The smallest absolute Gasteiger partial charge is 0.191 e. The van der Waals surface area contributed by atoms with Gasteiger partial charge < -0.3 is 10.6 Å². The highest BCUT2D eigenvalue weighted by Crippen LogP contribution is 2.09. The Labute approximate surface area is 156 Å². The van der Waals surface area contributed by atoms with Gasteiger partial charge in [-0.3, -0.25) is 0 Å². The first-order valence-corrected chi connectivity index (χ1v) is 10.8. The molecule has 0 bridgehead atoms. The Kier molecular flexibility index (Phi) is 7.21. The van der Waals surface area contributed by atoms with Gasteiger partial charge in [-0.05, 0) is 36.1 Å². The topological polar surface area (TPSA) is 70.6 Å². The fraction of sp³-hybridized carbons (Fsp3) is 0.350. The minimum absolute atomic E-state index is 0.0666. The number of hydrogen-bond acceptors (Lipinski definition) is 3. The highest BCUT2D eigenvalue weighted by Gasteiger charge is 2.04. The lowest BCUT2D eigenvalue weighted by molar-refractivity contribution is 0.601. The Bertz CT molecular complexity index is 844. The molecular formula is C20H27N3O2S. The molecule has 0 atom stereocenters. The second-order valence-corrected chi connectivity index (χ2v) is 8.50. The van der Waals surface area contributed by atoms with Crippen LogP contribution in [0.15, 0.2) is 53.5 Å². The molecule has 0 aliphatic heterocycles. The molecule has 5 nitrogen and oxygen atoms in total. The highest BCUT2D eigenvalue weighted by atomic mass is 32.2. The minimum atomic E-state index is -3.01. The van der Waals surface area contributed by atoms with Crippen LogP contribution in [0, 0.1) is 6.92 Å². The number of guanidine groups is 1. The summed E-state index contributed by atoms with van der Waals surface area (Å²) in [5.41, 5.74) is 4.32. The van der Waals surface area contributed by atoms with Crippen LogP contribution in [-0.2, 0) is 28.7 Å². The van der Waals surface area contributed by atoms with Gasteiger partial charge in [0.05, 0.1) is 12.3 Å². The third-order valence-corrected chi connectivity index (χ3v) is 4.78. The van der Waals surface area contributed by atoms with Crippen LogP contribution in [0.2, 0.25) is 0 Å². The van der Waals surface area contributed by atoms with Gasteiger partial charge in [-0.2, -0.15) is 0 Å². The molecule has 0 aromatic heterocycles. The summed E-state index contributed by atoms with van der Waals surface area (Å²) in [6.07, 6.45) is 1.24. The van der Waals surface area contributed by atoms with Gasteiger partial charge in [0, 0.05) is 19.3 Å². The Hall–Kier alpha value is -2.34. The summed E-state index contributed by atoms with van der Waals surface area (Å²) < 4.78 is 22.7. The third kappa shape index (κ3) is 6.88. The summed E-state index contributed by atoms with van der Waals surface area (Å²) in [6, 6.07) is 15.8. The number of aliphatic imine (C=N–C) groups is 1. The van der Waals surface area contributed by atoms with Gasteiger partial charge in [0.15, 0.2) is 15.8 Å². The SMILES string of the molecule is CCNC(=NCc1ccc(CS(C)(=O)=O)cc1)NCc1ccccc1C. The maximum Gasteiger partial charge on any atom is 0.191 e. The number of nitrogens with one attached hydrogen (secondary N) is 2. The van der Waals surface area contributed by atoms with Crippen LogP contribution in [0.5, 0.6) is 0 Å². The summed E-state index contributed by atoms with van der Waals surface area (Å²) in [6.45, 7) is 6.16. The van der Waals surface area contributed by atoms with E-state index in [1.165, 1.54) is 17.4 Å². The molecule has 0 aliphatic carbocycles. The molecule has 0 spiro atoms. The van der Waals surface area contributed by atoms with Crippen molar-refractivity contribution in [2.75, 3.05) is 12.8 Å². The Balaban J connectivity index is 1.98. The molecule has 0 aliphatic rings. The molecule has 140 valence electrons. The summed E-state index contributed by atoms with van der Waals surface area (Å²) in [7, 11) is -3.01. The van der Waals surface area contributed by atoms with E-state index in [2.05, 4.69) is 34.7 Å². The van der Waals surface area contributed by atoms with Gasteiger partial charge in [-0.25, -0.2) is 13.4 Å². The van der Waals surface area contributed by atoms with E-state index in [1.807, 2.05) is 43.3 Å². The Morgan fingerprint density at radius 2 is 1.65 bits per heavy atom. The summed E-state index contributed by atoms with van der Waals surface area (Å²) >= 11 is 0. The number of hydrogen-bond donors (Lipinski definition) is 2. The largest absolute Gasteiger partial charge is 0.357 e. The molecule has 0 saturated carbocycles. The molecule has 2 rings (SSSR count). The first-order chi connectivity index (χ1) is 12.4. The number of nitrogens with zero attached hydrogens (tertiary/aromatic N) is 1. The van der Waals surface area contributed by atoms with Crippen molar-refractivity contribution in [2.45, 2.75) is 32.7 Å².